The van der Waals surface area contributed by atoms with E-state index in [1.54, 1.807) is 0 Å². The zero-order valence-electron chi connectivity index (χ0n) is 11.0. The predicted octanol–water partition coefficient (Wildman–Crippen LogP) is 4.66. The third-order valence-corrected chi connectivity index (χ3v) is 4.29. The van der Waals surface area contributed by atoms with Crippen molar-refractivity contribution < 1.29 is 0 Å². The summed E-state index contributed by atoms with van der Waals surface area (Å²) >= 11 is 7.00. The standard InChI is InChI=1S/C14H14Br2N4/c1-17-12-7-13(20-14(19-12)8-2-3-8)18-11-5-4-9(15)6-10(11)16/h4-8H,2-3H2,1H3,(H2,17,18,19,20). The molecule has 1 aromatic carbocycles. The Morgan fingerprint density at radius 1 is 1.10 bits per heavy atom. The number of nitrogens with zero attached hydrogens (tertiary/aromatic N) is 2. The van der Waals surface area contributed by atoms with E-state index < -0.39 is 0 Å². The number of halogens is 2. The van der Waals surface area contributed by atoms with Gasteiger partial charge in [-0.15, -0.1) is 0 Å². The van der Waals surface area contributed by atoms with Crippen LogP contribution in [0.4, 0.5) is 17.3 Å². The van der Waals surface area contributed by atoms with Crippen molar-refractivity contribution in [3.8, 4) is 0 Å². The fourth-order valence-corrected chi connectivity index (χ4v) is 3.06. The van der Waals surface area contributed by atoms with Crippen LogP contribution < -0.4 is 10.6 Å². The van der Waals surface area contributed by atoms with Gasteiger partial charge in [-0.25, -0.2) is 9.97 Å². The van der Waals surface area contributed by atoms with E-state index in [0.717, 1.165) is 32.1 Å². The van der Waals surface area contributed by atoms with E-state index in [0.29, 0.717) is 5.92 Å². The minimum Gasteiger partial charge on any atom is -0.373 e. The molecule has 6 heteroatoms. The van der Waals surface area contributed by atoms with Crippen LogP contribution in [0.5, 0.6) is 0 Å². The molecule has 1 aromatic heterocycles. The van der Waals surface area contributed by atoms with E-state index in [1.807, 2.05) is 31.3 Å². The van der Waals surface area contributed by atoms with Crippen LogP contribution in [0.3, 0.4) is 0 Å². The molecule has 1 aliphatic rings. The number of hydrogen-bond acceptors (Lipinski definition) is 4. The van der Waals surface area contributed by atoms with Crippen LogP contribution in [0, 0.1) is 0 Å². The van der Waals surface area contributed by atoms with Crippen LogP contribution in [0.1, 0.15) is 24.6 Å². The topological polar surface area (TPSA) is 49.8 Å². The first-order chi connectivity index (χ1) is 9.65. The van der Waals surface area contributed by atoms with Gasteiger partial charge < -0.3 is 10.6 Å². The molecule has 0 atom stereocenters. The zero-order chi connectivity index (χ0) is 14.1. The maximum atomic E-state index is 4.61. The Morgan fingerprint density at radius 2 is 1.85 bits per heavy atom. The molecule has 0 spiro atoms. The van der Waals surface area contributed by atoms with Gasteiger partial charge in [-0.05, 0) is 47.0 Å². The zero-order valence-corrected chi connectivity index (χ0v) is 14.1. The van der Waals surface area contributed by atoms with Crippen molar-refractivity contribution in [1.82, 2.24) is 9.97 Å². The normalized spacial score (nSPS) is 14.2. The number of aromatic nitrogens is 2. The Bertz CT molecular complexity index is 641. The van der Waals surface area contributed by atoms with E-state index in [1.165, 1.54) is 12.8 Å². The molecule has 0 unspecified atom stereocenters. The van der Waals surface area contributed by atoms with Gasteiger partial charge in [0.15, 0.2) is 0 Å². The summed E-state index contributed by atoms with van der Waals surface area (Å²) in [5, 5.41) is 6.43. The Morgan fingerprint density at radius 3 is 2.50 bits per heavy atom. The van der Waals surface area contributed by atoms with Crippen molar-refractivity contribution in [3.05, 3.63) is 39.0 Å². The number of rotatable bonds is 4. The van der Waals surface area contributed by atoms with E-state index in [-0.39, 0.29) is 0 Å². The molecule has 0 radical (unpaired) electrons. The first-order valence-electron chi connectivity index (χ1n) is 6.44. The summed E-state index contributed by atoms with van der Waals surface area (Å²) in [7, 11) is 1.87. The Labute approximate surface area is 134 Å². The molecule has 0 amide bonds. The molecule has 3 rings (SSSR count). The van der Waals surface area contributed by atoms with Crippen molar-refractivity contribution in [2.45, 2.75) is 18.8 Å². The summed E-state index contributed by atoms with van der Waals surface area (Å²) in [5.41, 5.74) is 0.982. The summed E-state index contributed by atoms with van der Waals surface area (Å²) < 4.78 is 2.02. The number of nitrogens with one attached hydrogen (secondary N) is 2. The monoisotopic (exact) mass is 396 g/mol. The minimum absolute atomic E-state index is 0.525. The lowest BCUT2D eigenvalue weighted by molar-refractivity contribution is 0.932. The van der Waals surface area contributed by atoms with Crippen LogP contribution in [0.15, 0.2) is 33.2 Å². The predicted molar refractivity (Wildman–Crippen MR) is 88.7 cm³/mol. The van der Waals surface area contributed by atoms with Crippen LogP contribution >= 0.6 is 31.9 Å². The van der Waals surface area contributed by atoms with Gasteiger partial charge in [-0.1, -0.05) is 15.9 Å². The molecule has 2 N–H and O–H groups in total. The fraction of sp³-hybridized carbons (Fsp3) is 0.286. The quantitative estimate of drug-likeness (QED) is 0.787. The van der Waals surface area contributed by atoms with Gasteiger partial charge in [-0.2, -0.15) is 0 Å². The summed E-state index contributed by atoms with van der Waals surface area (Å²) in [6, 6.07) is 7.92. The van der Waals surface area contributed by atoms with Gasteiger partial charge >= 0.3 is 0 Å². The highest BCUT2D eigenvalue weighted by atomic mass is 79.9. The number of anilines is 3. The van der Waals surface area contributed by atoms with Crippen molar-refractivity contribution in [1.29, 1.82) is 0 Å². The molecule has 1 heterocycles. The van der Waals surface area contributed by atoms with Crippen molar-refractivity contribution in [2.75, 3.05) is 17.7 Å². The second-order valence-electron chi connectivity index (χ2n) is 4.77. The van der Waals surface area contributed by atoms with E-state index in [2.05, 4.69) is 52.5 Å². The van der Waals surface area contributed by atoms with Crippen molar-refractivity contribution >= 4 is 49.2 Å². The smallest absolute Gasteiger partial charge is 0.136 e. The highest BCUT2D eigenvalue weighted by Crippen LogP contribution is 2.39. The molecule has 20 heavy (non-hydrogen) atoms. The van der Waals surface area contributed by atoms with Gasteiger partial charge in [-0.3, -0.25) is 0 Å². The molecule has 4 nitrogen and oxygen atoms in total. The lowest BCUT2D eigenvalue weighted by atomic mass is 10.3. The van der Waals surface area contributed by atoms with Crippen LogP contribution in [0.25, 0.3) is 0 Å². The Hall–Kier alpha value is -1.14. The molecule has 1 aliphatic carbocycles. The van der Waals surface area contributed by atoms with Crippen molar-refractivity contribution in [3.63, 3.8) is 0 Å². The van der Waals surface area contributed by atoms with Gasteiger partial charge in [0.1, 0.15) is 17.5 Å². The van der Waals surface area contributed by atoms with E-state index >= 15 is 0 Å². The van der Waals surface area contributed by atoms with Gasteiger partial charge in [0, 0.05) is 28.0 Å². The highest BCUT2D eigenvalue weighted by molar-refractivity contribution is 9.11. The maximum absolute atomic E-state index is 4.61. The Balaban J connectivity index is 1.91. The summed E-state index contributed by atoms with van der Waals surface area (Å²) in [6.45, 7) is 0. The Kier molecular flexibility index (Phi) is 3.94. The molecule has 2 aromatic rings. The second kappa shape index (κ2) is 5.69. The fourth-order valence-electron chi connectivity index (χ4n) is 1.91. The molecular weight excluding hydrogens is 384 g/mol. The lowest BCUT2D eigenvalue weighted by Crippen LogP contribution is -2.03. The largest absolute Gasteiger partial charge is 0.373 e. The molecular formula is C14H14Br2N4. The molecule has 1 saturated carbocycles. The average Bonchev–Trinajstić information content (AvgIpc) is 3.26. The highest BCUT2D eigenvalue weighted by Gasteiger charge is 2.27. The number of hydrogen-bond donors (Lipinski definition) is 2. The van der Waals surface area contributed by atoms with Gasteiger partial charge in [0.25, 0.3) is 0 Å². The second-order valence-corrected chi connectivity index (χ2v) is 6.54. The van der Waals surface area contributed by atoms with Gasteiger partial charge in [0.05, 0.1) is 5.69 Å². The van der Waals surface area contributed by atoms with Crippen molar-refractivity contribution in [2.24, 2.45) is 0 Å². The van der Waals surface area contributed by atoms with Gasteiger partial charge in [0.2, 0.25) is 0 Å². The summed E-state index contributed by atoms with van der Waals surface area (Å²) in [4.78, 5) is 9.12. The molecule has 0 saturated heterocycles. The number of benzene rings is 1. The van der Waals surface area contributed by atoms with E-state index in [4.69, 9.17) is 0 Å². The minimum atomic E-state index is 0.525. The van der Waals surface area contributed by atoms with Crippen LogP contribution in [0.2, 0.25) is 0 Å². The molecule has 0 bridgehead atoms. The first-order valence-corrected chi connectivity index (χ1v) is 8.03. The third kappa shape index (κ3) is 3.12. The molecule has 104 valence electrons. The maximum Gasteiger partial charge on any atom is 0.136 e. The SMILES string of the molecule is CNc1cc(Nc2ccc(Br)cc2Br)nc(C2CC2)n1. The lowest BCUT2D eigenvalue weighted by Gasteiger charge is -2.11. The summed E-state index contributed by atoms with van der Waals surface area (Å²) in [6.07, 6.45) is 2.38. The molecule has 1 fully saturated rings. The van der Waals surface area contributed by atoms with Crippen LogP contribution in [-0.4, -0.2) is 17.0 Å². The first kappa shape index (κ1) is 13.8. The third-order valence-electron chi connectivity index (χ3n) is 3.14. The molecule has 0 aliphatic heterocycles. The van der Waals surface area contributed by atoms with Crippen LogP contribution in [-0.2, 0) is 0 Å². The van der Waals surface area contributed by atoms with E-state index in [9.17, 15) is 0 Å². The summed E-state index contributed by atoms with van der Waals surface area (Å²) in [5.74, 6) is 3.11. The average molecular weight is 398 g/mol.